The lowest BCUT2D eigenvalue weighted by atomic mass is 10.0. The highest BCUT2D eigenvalue weighted by Gasteiger charge is 2.13. The van der Waals surface area contributed by atoms with Crippen molar-refractivity contribution in [3.05, 3.63) is 65.2 Å². The van der Waals surface area contributed by atoms with Crippen molar-refractivity contribution in [1.29, 1.82) is 5.26 Å². The van der Waals surface area contributed by atoms with Crippen molar-refractivity contribution in [2.75, 3.05) is 0 Å². The maximum absolute atomic E-state index is 11.1. The van der Waals surface area contributed by atoms with E-state index in [1.807, 2.05) is 6.07 Å². The zero-order valence-corrected chi connectivity index (χ0v) is 11.8. The molecule has 108 valence electrons. The number of nitrogens with zero attached hydrogens (tertiary/aromatic N) is 1. The average Bonchev–Trinajstić information content (AvgIpc) is 2.47. The molecule has 0 aromatic heterocycles. The van der Waals surface area contributed by atoms with Crippen LogP contribution < -0.4 is 0 Å². The van der Waals surface area contributed by atoms with Gasteiger partial charge in [-0.25, -0.2) is 0 Å². The Morgan fingerprint density at radius 3 is 2.38 bits per heavy atom. The number of hydrogen-bond donors (Lipinski definition) is 2. The van der Waals surface area contributed by atoms with E-state index >= 15 is 0 Å². The number of benzene rings is 2. The first-order chi connectivity index (χ1) is 9.90. The molecule has 0 radical (unpaired) electrons. The van der Waals surface area contributed by atoms with Crippen LogP contribution in [0.1, 0.15) is 22.8 Å². The summed E-state index contributed by atoms with van der Waals surface area (Å²) in [6, 6.07) is 14.3. The number of rotatable bonds is 4. The molecule has 0 aliphatic heterocycles. The summed E-state index contributed by atoms with van der Waals surface area (Å²) >= 11 is 0. The van der Waals surface area contributed by atoms with Crippen LogP contribution in [0.3, 0.4) is 0 Å². The van der Waals surface area contributed by atoms with E-state index in [0.29, 0.717) is 16.7 Å². The second-order valence-electron chi connectivity index (χ2n) is 4.58. The Hall–Kier alpha value is -2.20. The molecule has 2 N–H and O–H groups in total. The van der Waals surface area contributed by atoms with Crippen LogP contribution in [-0.2, 0) is 16.5 Å². The van der Waals surface area contributed by atoms with Gasteiger partial charge in [0.1, 0.15) is 0 Å². The molecule has 0 bridgehead atoms. The summed E-state index contributed by atoms with van der Waals surface area (Å²) in [6.07, 6.45) is -0.621. The zero-order valence-electron chi connectivity index (χ0n) is 11.0. The van der Waals surface area contributed by atoms with E-state index in [2.05, 4.69) is 0 Å². The standard InChI is InChI=1S/C15H13NO4S/c16-10-11-4-6-13(7-5-11)15(17)9-12-2-1-3-14(8-12)21(18,19)20/h1-8,15,17H,9H2,(H,18,19,20). The van der Waals surface area contributed by atoms with Crippen LogP contribution in [0.15, 0.2) is 53.4 Å². The van der Waals surface area contributed by atoms with E-state index < -0.39 is 16.2 Å². The third kappa shape index (κ3) is 3.89. The van der Waals surface area contributed by atoms with Gasteiger partial charge in [-0.15, -0.1) is 0 Å². The highest BCUT2D eigenvalue weighted by Crippen LogP contribution is 2.20. The maximum Gasteiger partial charge on any atom is 0.294 e. The van der Waals surface area contributed by atoms with E-state index in [1.165, 1.54) is 18.2 Å². The SMILES string of the molecule is N#Cc1ccc(C(O)Cc2cccc(S(=O)(=O)O)c2)cc1. The van der Waals surface area contributed by atoms with E-state index in [9.17, 15) is 13.5 Å². The van der Waals surface area contributed by atoms with Gasteiger partial charge in [0.05, 0.1) is 22.6 Å². The van der Waals surface area contributed by atoms with E-state index in [4.69, 9.17) is 9.81 Å². The summed E-state index contributed by atoms with van der Waals surface area (Å²) in [7, 11) is -4.25. The minimum absolute atomic E-state index is 0.202. The monoisotopic (exact) mass is 303 g/mol. The van der Waals surface area contributed by atoms with Crippen LogP contribution in [0, 0.1) is 11.3 Å². The van der Waals surface area contributed by atoms with Crippen LogP contribution in [-0.4, -0.2) is 18.1 Å². The number of hydrogen-bond acceptors (Lipinski definition) is 4. The van der Waals surface area contributed by atoms with Crippen molar-refractivity contribution in [2.24, 2.45) is 0 Å². The van der Waals surface area contributed by atoms with Gasteiger partial charge in [-0.05, 0) is 35.4 Å². The largest absolute Gasteiger partial charge is 0.388 e. The lowest BCUT2D eigenvalue weighted by Gasteiger charge is -2.11. The van der Waals surface area contributed by atoms with Crippen molar-refractivity contribution in [2.45, 2.75) is 17.4 Å². The average molecular weight is 303 g/mol. The quantitative estimate of drug-likeness (QED) is 0.843. The predicted octanol–water partition coefficient (Wildman–Crippen LogP) is 2.08. The number of nitriles is 1. The Kier molecular flexibility index (Phi) is 4.38. The minimum atomic E-state index is -4.25. The van der Waals surface area contributed by atoms with E-state index in [1.54, 1.807) is 30.3 Å². The highest BCUT2D eigenvalue weighted by atomic mass is 32.2. The molecule has 2 aromatic carbocycles. The molecular formula is C15H13NO4S. The van der Waals surface area contributed by atoms with Crippen LogP contribution in [0.4, 0.5) is 0 Å². The Labute approximate surface area is 122 Å². The Morgan fingerprint density at radius 2 is 1.81 bits per heavy atom. The van der Waals surface area contributed by atoms with Gasteiger partial charge < -0.3 is 5.11 Å². The molecule has 1 unspecified atom stereocenters. The molecule has 0 aliphatic rings. The Balaban J connectivity index is 2.19. The second-order valence-corrected chi connectivity index (χ2v) is 6.00. The predicted molar refractivity (Wildman–Crippen MR) is 76.1 cm³/mol. The highest BCUT2D eigenvalue weighted by molar-refractivity contribution is 7.85. The van der Waals surface area contributed by atoms with Crippen LogP contribution in [0.2, 0.25) is 0 Å². The normalized spacial score (nSPS) is 12.6. The van der Waals surface area contributed by atoms with Crippen molar-refractivity contribution in [3.63, 3.8) is 0 Å². The van der Waals surface area contributed by atoms with Crippen molar-refractivity contribution in [1.82, 2.24) is 0 Å². The molecule has 6 heteroatoms. The lowest BCUT2D eigenvalue weighted by Crippen LogP contribution is -2.04. The fourth-order valence-electron chi connectivity index (χ4n) is 1.95. The summed E-state index contributed by atoms with van der Waals surface area (Å²) in [4.78, 5) is -0.202. The maximum atomic E-state index is 11.1. The first-order valence-corrected chi connectivity index (χ1v) is 7.59. The van der Waals surface area contributed by atoms with Gasteiger partial charge in [-0.2, -0.15) is 13.7 Å². The first kappa shape index (κ1) is 15.2. The molecule has 2 rings (SSSR count). The Bertz CT molecular complexity index is 776. The molecule has 0 saturated carbocycles. The van der Waals surface area contributed by atoms with Gasteiger partial charge in [-0.1, -0.05) is 24.3 Å². The van der Waals surface area contributed by atoms with Crippen molar-refractivity contribution >= 4 is 10.1 Å². The summed E-state index contributed by atoms with van der Waals surface area (Å²) in [5.74, 6) is 0. The molecule has 0 aliphatic carbocycles. The summed E-state index contributed by atoms with van der Waals surface area (Å²) in [5, 5.41) is 18.9. The third-order valence-electron chi connectivity index (χ3n) is 3.05. The fraction of sp³-hybridized carbons (Fsp3) is 0.133. The smallest absolute Gasteiger partial charge is 0.294 e. The minimum Gasteiger partial charge on any atom is -0.388 e. The number of aliphatic hydroxyl groups is 1. The van der Waals surface area contributed by atoms with Gasteiger partial charge in [0.25, 0.3) is 10.1 Å². The third-order valence-corrected chi connectivity index (χ3v) is 3.90. The first-order valence-electron chi connectivity index (χ1n) is 6.15. The zero-order chi connectivity index (χ0) is 15.5. The second kappa shape index (κ2) is 6.06. The molecule has 0 amide bonds. The molecular weight excluding hydrogens is 290 g/mol. The molecule has 0 heterocycles. The van der Waals surface area contributed by atoms with Gasteiger partial charge in [-0.3, -0.25) is 4.55 Å². The van der Waals surface area contributed by atoms with Crippen LogP contribution in [0.5, 0.6) is 0 Å². The topological polar surface area (TPSA) is 98.4 Å². The molecule has 1 atom stereocenters. The summed E-state index contributed by atoms with van der Waals surface area (Å²) in [5.41, 5.74) is 1.72. The van der Waals surface area contributed by atoms with Gasteiger partial charge in [0.15, 0.2) is 0 Å². The van der Waals surface area contributed by atoms with Gasteiger partial charge in [0.2, 0.25) is 0 Å². The molecule has 21 heavy (non-hydrogen) atoms. The van der Waals surface area contributed by atoms with E-state index in [-0.39, 0.29) is 11.3 Å². The van der Waals surface area contributed by atoms with Crippen molar-refractivity contribution < 1.29 is 18.1 Å². The fourth-order valence-corrected chi connectivity index (χ4v) is 2.50. The Morgan fingerprint density at radius 1 is 1.14 bits per heavy atom. The van der Waals surface area contributed by atoms with Crippen LogP contribution >= 0.6 is 0 Å². The van der Waals surface area contributed by atoms with Gasteiger partial charge in [0, 0.05) is 6.42 Å². The summed E-state index contributed by atoms with van der Waals surface area (Å²) in [6.45, 7) is 0. The molecule has 0 fully saturated rings. The number of aliphatic hydroxyl groups excluding tert-OH is 1. The van der Waals surface area contributed by atoms with Crippen molar-refractivity contribution in [3.8, 4) is 6.07 Å². The molecule has 0 spiro atoms. The van der Waals surface area contributed by atoms with Gasteiger partial charge >= 0.3 is 0 Å². The molecule has 0 saturated heterocycles. The van der Waals surface area contributed by atoms with E-state index in [0.717, 1.165) is 0 Å². The summed E-state index contributed by atoms with van der Waals surface area (Å²) < 4.78 is 31.1. The molecule has 2 aromatic rings. The molecule has 5 nitrogen and oxygen atoms in total. The lowest BCUT2D eigenvalue weighted by molar-refractivity contribution is 0.178. The van der Waals surface area contributed by atoms with Crippen LogP contribution in [0.25, 0.3) is 0 Å².